The summed E-state index contributed by atoms with van der Waals surface area (Å²) in [7, 11) is 1.37. The minimum atomic E-state index is -0.514. The molecule has 1 aliphatic carbocycles. The Morgan fingerprint density at radius 1 is 1.32 bits per heavy atom. The number of methoxy groups -OCH3 is 1. The third-order valence-corrected chi connectivity index (χ3v) is 6.21. The maximum Gasteiger partial charge on any atom is 0.329 e. The molecule has 130 valence electrons. The van der Waals surface area contributed by atoms with Crippen LogP contribution in [0.15, 0.2) is 40.2 Å². The molecule has 0 saturated heterocycles. The van der Waals surface area contributed by atoms with Crippen LogP contribution in [0.1, 0.15) is 41.5 Å². The van der Waals surface area contributed by atoms with Gasteiger partial charge in [-0.1, -0.05) is 23.7 Å². The van der Waals surface area contributed by atoms with Crippen LogP contribution in [0.3, 0.4) is 0 Å². The number of pyridine rings is 1. The van der Waals surface area contributed by atoms with Crippen molar-refractivity contribution < 1.29 is 9.53 Å². The van der Waals surface area contributed by atoms with Crippen LogP contribution < -0.4 is 5.56 Å². The number of carbonyl (C=O) groups excluding carboxylic acids is 1. The van der Waals surface area contributed by atoms with E-state index in [9.17, 15) is 9.59 Å². The predicted molar refractivity (Wildman–Crippen MR) is 98.7 cm³/mol. The third kappa shape index (κ3) is 3.11. The first kappa shape index (κ1) is 16.7. The molecule has 2 heterocycles. The van der Waals surface area contributed by atoms with Gasteiger partial charge in [-0.05, 0) is 54.0 Å². The van der Waals surface area contributed by atoms with Crippen molar-refractivity contribution in [3.05, 3.63) is 62.4 Å². The Kier molecular flexibility index (Phi) is 4.38. The standard InChI is InChI=1S/C19H18ClNO3S/c1-24-19(23)15-10-25-18-17(12-4-5-12)13(9-16(22)21(15)18)8-11-2-6-14(20)7-3-11/h2-3,6-7,9,12,15H,4-5,8,10H2,1H3/t15-/m0/s1. The van der Waals surface area contributed by atoms with Gasteiger partial charge in [0.2, 0.25) is 0 Å². The molecule has 6 heteroatoms. The highest BCUT2D eigenvalue weighted by molar-refractivity contribution is 7.99. The molecule has 0 unspecified atom stereocenters. The van der Waals surface area contributed by atoms with Crippen LogP contribution in [-0.2, 0) is 16.0 Å². The molecule has 1 atom stereocenters. The highest BCUT2D eigenvalue weighted by Gasteiger charge is 2.37. The molecule has 25 heavy (non-hydrogen) atoms. The minimum absolute atomic E-state index is 0.122. The number of benzene rings is 1. The van der Waals surface area contributed by atoms with E-state index in [1.807, 2.05) is 24.3 Å². The van der Waals surface area contributed by atoms with E-state index in [-0.39, 0.29) is 11.5 Å². The van der Waals surface area contributed by atoms with Crippen LogP contribution in [0, 0.1) is 0 Å². The van der Waals surface area contributed by atoms with Gasteiger partial charge in [0.1, 0.15) is 6.04 Å². The average molecular weight is 376 g/mol. The van der Waals surface area contributed by atoms with E-state index in [1.165, 1.54) is 12.7 Å². The topological polar surface area (TPSA) is 48.3 Å². The number of hydrogen-bond donors (Lipinski definition) is 0. The van der Waals surface area contributed by atoms with Gasteiger partial charge in [0.25, 0.3) is 5.56 Å². The van der Waals surface area contributed by atoms with Crippen LogP contribution in [0.5, 0.6) is 0 Å². The summed E-state index contributed by atoms with van der Waals surface area (Å²) in [6, 6.07) is 8.92. The Morgan fingerprint density at radius 2 is 2.04 bits per heavy atom. The highest BCUT2D eigenvalue weighted by Crippen LogP contribution is 2.48. The molecule has 4 nitrogen and oxygen atoms in total. The van der Waals surface area contributed by atoms with Crippen LogP contribution in [-0.4, -0.2) is 23.4 Å². The van der Waals surface area contributed by atoms with Crippen LogP contribution in [0.4, 0.5) is 0 Å². The van der Waals surface area contributed by atoms with Crippen LogP contribution in [0.2, 0.25) is 5.02 Å². The Hall–Kier alpha value is -1.72. The van der Waals surface area contributed by atoms with Crippen LogP contribution >= 0.6 is 23.4 Å². The van der Waals surface area contributed by atoms with Crippen molar-refractivity contribution >= 4 is 29.3 Å². The summed E-state index contributed by atoms with van der Waals surface area (Å²) < 4.78 is 6.51. The van der Waals surface area contributed by atoms with Crippen molar-refractivity contribution in [1.82, 2.24) is 4.57 Å². The molecular weight excluding hydrogens is 358 g/mol. The maximum atomic E-state index is 12.7. The second-order valence-corrected chi connectivity index (χ2v) is 7.97. The minimum Gasteiger partial charge on any atom is -0.467 e. The Labute approximate surface area is 155 Å². The zero-order valence-corrected chi connectivity index (χ0v) is 15.4. The van der Waals surface area contributed by atoms with E-state index in [1.54, 1.807) is 22.4 Å². The van der Waals surface area contributed by atoms with Gasteiger partial charge in [-0.2, -0.15) is 0 Å². The molecule has 0 spiro atoms. The fourth-order valence-corrected chi connectivity index (χ4v) is 4.96. The van der Waals surface area contributed by atoms with Gasteiger partial charge >= 0.3 is 5.97 Å². The van der Waals surface area contributed by atoms with Crippen molar-refractivity contribution in [1.29, 1.82) is 0 Å². The van der Waals surface area contributed by atoms with Crippen molar-refractivity contribution in [2.45, 2.75) is 36.2 Å². The first-order valence-electron chi connectivity index (χ1n) is 8.32. The molecule has 0 amide bonds. The molecule has 2 aliphatic rings. The van der Waals surface area contributed by atoms with E-state index < -0.39 is 6.04 Å². The SMILES string of the molecule is COC(=O)[C@@H]1CSc2c(C3CC3)c(Cc3ccc(Cl)cc3)cc(=O)n21. The summed E-state index contributed by atoms with van der Waals surface area (Å²) in [6.07, 6.45) is 2.99. The van der Waals surface area contributed by atoms with Crippen molar-refractivity contribution in [3.63, 3.8) is 0 Å². The molecule has 1 saturated carbocycles. The number of aromatic nitrogens is 1. The molecule has 0 radical (unpaired) electrons. The lowest BCUT2D eigenvalue weighted by Crippen LogP contribution is -2.30. The second-order valence-electron chi connectivity index (χ2n) is 6.52. The predicted octanol–water partition coefficient (Wildman–Crippen LogP) is 3.79. The van der Waals surface area contributed by atoms with Crippen LogP contribution in [0.25, 0.3) is 0 Å². The van der Waals surface area contributed by atoms with E-state index >= 15 is 0 Å². The molecule has 0 bridgehead atoms. The fourth-order valence-electron chi connectivity index (χ4n) is 3.43. The lowest BCUT2D eigenvalue weighted by molar-refractivity contribution is -0.143. The second kappa shape index (κ2) is 6.54. The first-order valence-corrected chi connectivity index (χ1v) is 9.68. The first-order chi connectivity index (χ1) is 12.1. The zero-order valence-electron chi connectivity index (χ0n) is 13.8. The Bertz CT molecular complexity index is 887. The van der Waals surface area contributed by atoms with Crippen molar-refractivity contribution in [2.75, 3.05) is 12.9 Å². The number of carbonyl (C=O) groups is 1. The number of esters is 1. The summed E-state index contributed by atoms with van der Waals surface area (Å²) in [5, 5.41) is 1.66. The number of halogens is 1. The van der Waals surface area contributed by atoms with Gasteiger partial charge in [-0.15, -0.1) is 11.8 Å². The summed E-state index contributed by atoms with van der Waals surface area (Å²) in [4.78, 5) is 24.7. The zero-order chi connectivity index (χ0) is 17.6. The number of rotatable bonds is 4. The van der Waals surface area contributed by atoms with Gasteiger partial charge in [-0.3, -0.25) is 9.36 Å². The molecule has 4 rings (SSSR count). The number of hydrogen-bond acceptors (Lipinski definition) is 4. The van der Waals surface area contributed by atoms with Gasteiger partial charge in [0.05, 0.1) is 12.1 Å². The van der Waals surface area contributed by atoms with E-state index in [4.69, 9.17) is 16.3 Å². The van der Waals surface area contributed by atoms with Crippen molar-refractivity contribution in [2.24, 2.45) is 0 Å². The Balaban J connectivity index is 1.79. The largest absolute Gasteiger partial charge is 0.467 e. The Morgan fingerprint density at radius 3 is 2.68 bits per heavy atom. The summed E-state index contributed by atoms with van der Waals surface area (Å²) >= 11 is 7.56. The quantitative estimate of drug-likeness (QED) is 0.763. The van der Waals surface area contributed by atoms with E-state index in [0.29, 0.717) is 23.1 Å². The number of nitrogens with zero attached hydrogens (tertiary/aromatic N) is 1. The highest BCUT2D eigenvalue weighted by atomic mass is 35.5. The number of ether oxygens (including phenoxy) is 1. The molecule has 0 N–H and O–H groups in total. The van der Waals surface area contributed by atoms with Gasteiger partial charge < -0.3 is 4.74 Å². The maximum absolute atomic E-state index is 12.7. The van der Waals surface area contributed by atoms with Gasteiger partial charge in [-0.25, -0.2) is 4.79 Å². The molecule has 1 aromatic heterocycles. The summed E-state index contributed by atoms with van der Waals surface area (Å²) in [5.74, 6) is 0.708. The average Bonchev–Trinajstić information content (AvgIpc) is 3.33. The van der Waals surface area contributed by atoms with E-state index in [2.05, 4.69) is 0 Å². The number of fused-ring (bicyclic) bond motifs is 1. The van der Waals surface area contributed by atoms with Crippen molar-refractivity contribution in [3.8, 4) is 0 Å². The normalized spacial score (nSPS) is 18.9. The van der Waals surface area contributed by atoms with Gasteiger partial charge in [0, 0.05) is 16.8 Å². The van der Waals surface area contributed by atoms with Gasteiger partial charge in [0.15, 0.2) is 0 Å². The van der Waals surface area contributed by atoms with E-state index in [0.717, 1.165) is 29.0 Å². The smallest absolute Gasteiger partial charge is 0.329 e. The monoisotopic (exact) mass is 375 g/mol. The summed E-state index contributed by atoms with van der Waals surface area (Å²) in [5.41, 5.74) is 3.32. The summed E-state index contributed by atoms with van der Waals surface area (Å²) in [6.45, 7) is 0. The molecule has 2 aromatic rings. The third-order valence-electron chi connectivity index (χ3n) is 4.79. The number of thioether (sulfide) groups is 1. The lowest BCUT2D eigenvalue weighted by Gasteiger charge is -2.17. The molecule has 1 fully saturated rings. The molecule has 1 aliphatic heterocycles. The molecule has 1 aromatic carbocycles. The fraction of sp³-hybridized carbons (Fsp3) is 0.368. The lowest BCUT2D eigenvalue weighted by atomic mass is 9.98. The molecular formula is C19H18ClNO3S.